The number of nitrogens with zero attached hydrogens (tertiary/aromatic N) is 1. The predicted molar refractivity (Wildman–Crippen MR) is 131 cm³/mol. The number of hydrogen-bond acceptors (Lipinski definition) is 3. The molecule has 3 heteroatoms. The highest BCUT2D eigenvalue weighted by molar-refractivity contribution is 5.97. The van der Waals surface area contributed by atoms with Gasteiger partial charge in [-0.3, -0.25) is 0 Å². The van der Waals surface area contributed by atoms with Gasteiger partial charge in [0.25, 0.3) is 0 Å². The van der Waals surface area contributed by atoms with Gasteiger partial charge in [0.1, 0.15) is 18.1 Å². The van der Waals surface area contributed by atoms with E-state index in [1.54, 1.807) is 7.11 Å². The molecule has 0 saturated heterocycles. The van der Waals surface area contributed by atoms with Gasteiger partial charge < -0.3 is 14.4 Å². The van der Waals surface area contributed by atoms with Crippen LogP contribution >= 0.6 is 0 Å². The van der Waals surface area contributed by atoms with Crippen molar-refractivity contribution in [1.82, 2.24) is 4.90 Å². The second kappa shape index (κ2) is 11.4. The number of methoxy groups -OCH3 is 1. The van der Waals surface area contributed by atoms with Crippen LogP contribution in [0.5, 0.6) is 11.5 Å². The molecule has 3 aromatic rings. The summed E-state index contributed by atoms with van der Waals surface area (Å²) in [5, 5.41) is 0. The molecule has 31 heavy (non-hydrogen) atoms. The van der Waals surface area contributed by atoms with Gasteiger partial charge in [-0.1, -0.05) is 68.4 Å². The van der Waals surface area contributed by atoms with E-state index in [0.29, 0.717) is 6.61 Å². The maximum absolute atomic E-state index is 5.98. The average Bonchev–Trinajstić information content (AvgIpc) is 2.84. The van der Waals surface area contributed by atoms with Crippen molar-refractivity contribution in [2.75, 3.05) is 33.4 Å². The third-order valence-electron chi connectivity index (χ3n) is 5.67. The van der Waals surface area contributed by atoms with E-state index in [1.807, 2.05) is 18.2 Å². The summed E-state index contributed by atoms with van der Waals surface area (Å²) in [6, 6.07) is 27.2. The first-order valence-electron chi connectivity index (χ1n) is 11.0. The lowest BCUT2D eigenvalue weighted by Crippen LogP contribution is -2.27. The Balaban J connectivity index is 1.89. The Hall–Kier alpha value is -3.04. The first-order valence-corrected chi connectivity index (χ1v) is 11.0. The molecular weight excluding hydrogens is 382 g/mol. The minimum atomic E-state index is 0.700. The Morgan fingerprint density at radius 1 is 0.710 bits per heavy atom. The molecule has 0 amide bonds. The Labute approximate surface area is 186 Å². The summed E-state index contributed by atoms with van der Waals surface area (Å²) in [4.78, 5) is 2.36. The largest absolute Gasteiger partial charge is 0.497 e. The van der Waals surface area contributed by atoms with Gasteiger partial charge in [0.2, 0.25) is 0 Å². The van der Waals surface area contributed by atoms with Crippen molar-refractivity contribution in [2.24, 2.45) is 0 Å². The van der Waals surface area contributed by atoms with Gasteiger partial charge in [0.15, 0.2) is 0 Å². The molecule has 0 N–H and O–H groups in total. The zero-order chi connectivity index (χ0) is 22.1. The lowest BCUT2D eigenvalue weighted by molar-refractivity contribution is 0.223. The van der Waals surface area contributed by atoms with E-state index in [9.17, 15) is 0 Å². The smallest absolute Gasteiger partial charge is 0.119 e. The number of allylic oxidation sites excluding steroid dienone is 1. The third-order valence-corrected chi connectivity index (χ3v) is 5.67. The Bertz CT molecular complexity index is 956. The zero-order valence-corrected chi connectivity index (χ0v) is 19.1. The van der Waals surface area contributed by atoms with Gasteiger partial charge in [-0.25, -0.2) is 0 Å². The van der Waals surface area contributed by atoms with Gasteiger partial charge in [-0.05, 0) is 72.1 Å². The summed E-state index contributed by atoms with van der Waals surface area (Å²) in [6.07, 6.45) is 0. The molecule has 0 heterocycles. The second-order valence-electron chi connectivity index (χ2n) is 7.49. The second-order valence-corrected chi connectivity index (χ2v) is 7.49. The average molecular weight is 416 g/mol. The van der Waals surface area contributed by atoms with Crippen LogP contribution in [0.25, 0.3) is 11.1 Å². The molecule has 0 bridgehead atoms. The van der Waals surface area contributed by atoms with E-state index in [2.05, 4.69) is 86.3 Å². The predicted octanol–water partition coefficient (Wildman–Crippen LogP) is 6.39. The molecular formula is C28H33NO2. The Kier molecular flexibility index (Phi) is 8.31. The molecule has 0 saturated carbocycles. The summed E-state index contributed by atoms with van der Waals surface area (Å²) in [7, 11) is 1.69. The maximum Gasteiger partial charge on any atom is 0.119 e. The minimum Gasteiger partial charge on any atom is -0.497 e. The maximum atomic E-state index is 5.98. The van der Waals surface area contributed by atoms with Crippen molar-refractivity contribution in [3.8, 4) is 11.5 Å². The van der Waals surface area contributed by atoms with Gasteiger partial charge in [0.05, 0.1) is 7.11 Å². The fraction of sp³-hybridized carbons (Fsp3) is 0.286. The number of ether oxygens (including phenoxy) is 2. The lowest BCUT2D eigenvalue weighted by Gasteiger charge is -2.18. The fourth-order valence-corrected chi connectivity index (χ4v) is 3.74. The molecule has 0 aromatic heterocycles. The van der Waals surface area contributed by atoms with Crippen molar-refractivity contribution in [3.05, 3.63) is 95.6 Å². The van der Waals surface area contributed by atoms with E-state index in [-0.39, 0.29) is 0 Å². The monoisotopic (exact) mass is 415 g/mol. The van der Waals surface area contributed by atoms with E-state index >= 15 is 0 Å². The fourth-order valence-electron chi connectivity index (χ4n) is 3.74. The summed E-state index contributed by atoms with van der Waals surface area (Å²) >= 11 is 0. The van der Waals surface area contributed by atoms with Crippen molar-refractivity contribution >= 4 is 11.1 Å². The van der Waals surface area contributed by atoms with E-state index < -0.39 is 0 Å². The van der Waals surface area contributed by atoms with Gasteiger partial charge >= 0.3 is 0 Å². The molecule has 0 aliphatic carbocycles. The third kappa shape index (κ3) is 5.99. The molecule has 3 aromatic carbocycles. The van der Waals surface area contributed by atoms with Crippen LogP contribution in [0.3, 0.4) is 0 Å². The quantitative estimate of drug-likeness (QED) is 0.358. The van der Waals surface area contributed by atoms with Gasteiger partial charge in [0, 0.05) is 6.54 Å². The van der Waals surface area contributed by atoms with Crippen LogP contribution in [0.1, 0.15) is 37.5 Å². The van der Waals surface area contributed by atoms with Crippen molar-refractivity contribution in [1.29, 1.82) is 0 Å². The molecule has 0 aliphatic heterocycles. The lowest BCUT2D eigenvalue weighted by atomic mass is 9.90. The van der Waals surface area contributed by atoms with E-state index in [4.69, 9.17) is 9.47 Å². The van der Waals surface area contributed by atoms with Crippen LogP contribution in [0, 0.1) is 0 Å². The summed E-state index contributed by atoms with van der Waals surface area (Å²) in [6.45, 7) is 10.3. The number of hydrogen-bond donors (Lipinski definition) is 0. The molecule has 0 radical (unpaired) electrons. The molecule has 162 valence electrons. The van der Waals surface area contributed by atoms with Crippen molar-refractivity contribution in [3.63, 3.8) is 0 Å². The minimum absolute atomic E-state index is 0.700. The van der Waals surface area contributed by atoms with Crippen LogP contribution < -0.4 is 9.47 Å². The standard InChI is InChI=1S/C28H33NO2/c1-5-29(6-2)20-21-31-27-18-14-25(15-19-27)28(22(3)23-10-8-7-9-11-23)24-12-16-26(30-4)17-13-24/h7-19H,5-6,20-21H2,1-4H3/b28-22+. The highest BCUT2D eigenvalue weighted by Crippen LogP contribution is 2.33. The van der Waals surface area contributed by atoms with Crippen molar-refractivity contribution in [2.45, 2.75) is 20.8 Å². The SMILES string of the molecule is CCN(CC)CCOc1ccc(/C(=C(\C)c2ccccc2)c2ccc(OC)cc2)cc1. The van der Waals surface area contributed by atoms with E-state index in [1.165, 1.54) is 22.3 Å². The Morgan fingerprint density at radius 2 is 1.26 bits per heavy atom. The summed E-state index contributed by atoms with van der Waals surface area (Å²) < 4.78 is 11.3. The summed E-state index contributed by atoms with van der Waals surface area (Å²) in [5.41, 5.74) is 6.00. The van der Waals surface area contributed by atoms with Crippen LogP contribution in [0.2, 0.25) is 0 Å². The van der Waals surface area contributed by atoms with Crippen LogP contribution in [0.4, 0.5) is 0 Å². The molecule has 3 rings (SSSR count). The Morgan fingerprint density at radius 3 is 1.77 bits per heavy atom. The van der Waals surface area contributed by atoms with Gasteiger partial charge in [-0.2, -0.15) is 0 Å². The molecule has 0 aliphatic rings. The first-order chi connectivity index (χ1) is 15.2. The van der Waals surface area contributed by atoms with E-state index in [0.717, 1.165) is 36.7 Å². The summed E-state index contributed by atoms with van der Waals surface area (Å²) in [5.74, 6) is 1.76. The highest BCUT2D eigenvalue weighted by Gasteiger charge is 2.11. The molecule has 0 fully saturated rings. The molecule has 0 spiro atoms. The van der Waals surface area contributed by atoms with Crippen LogP contribution in [-0.2, 0) is 0 Å². The number of benzene rings is 3. The first kappa shape index (κ1) is 22.6. The van der Waals surface area contributed by atoms with Gasteiger partial charge in [-0.15, -0.1) is 0 Å². The zero-order valence-electron chi connectivity index (χ0n) is 19.1. The normalized spacial score (nSPS) is 11.9. The van der Waals surface area contributed by atoms with Crippen LogP contribution in [-0.4, -0.2) is 38.3 Å². The number of likely N-dealkylation sites (N-methyl/N-ethyl adjacent to an activating group) is 1. The van der Waals surface area contributed by atoms with Crippen LogP contribution in [0.15, 0.2) is 78.9 Å². The molecule has 3 nitrogen and oxygen atoms in total. The van der Waals surface area contributed by atoms with Crippen molar-refractivity contribution < 1.29 is 9.47 Å². The highest BCUT2D eigenvalue weighted by atomic mass is 16.5. The molecule has 0 unspecified atom stereocenters. The topological polar surface area (TPSA) is 21.7 Å². The molecule has 0 atom stereocenters. The number of rotatable bonds is 10.